The number of hydrogen-bond donors (Lipinski definition) is 2. The van der Waals surface area contributed by atoms with Gasteiger partial charge in [0.05, 0.1) is 13.2 Å². The SMILES string of the molecule is COc1ccc(C(CNc2ccc(C(=O)Nc3ccccc3)nn2)N(C)C)cc1. The molecule has 2 N–H and O–H groups in total. The van der Waals surface area contributed by atoms with E-state index in [1.54, 1.807) is 19.2 Å². The second-order valence-corrected chi connectivity index (χ2v) is 6.76. The van der Waals surface area contributed by atoms with Gasteiger partial charge >= 0.3 is 0 Å². The molecule has 0 saturated carbocycles. The van der Waals surface area contributed by atoms with E-state index < -0.39 is 0 Å². The molecule has 0 aliphatic carbocycles. The molecule has 1 heterocycles. The minimum absolute atomic E-state index is 0.142. The third-order valence-corrected chi connectivity index (χ3v) is 4.53. The number of aromatic nitrogens is 2. The number of methoxy groups -OCH3 is 1. The molecule has 7 nitrogen and oxygen atoms in total. The van der Waals surface area contributed by atoms with E-state index in [2.05, 4.69) is 25.7 Å². The molecule has 0 aliphatic rings. The number of carbonyl (C=O) groups is 1. The fourth-order valence-corrected chi connectivity index (χ4v) is 2.89. The fourth-order valence-electron chi connectivity index (χ4n) is 2.89. The van der Waals surface area contributed by atoms with Crippen LogP contribution in [0.15, 0.2) is 66.7 Å². The van der Waals surface area contributed by atoms with Crippen LogP contribution in [0.3, 0.4) is 0 Å². The zero-order chi connectivity index (χ0) is 20.6. The van der Waals surface area contributed by atoms with Crippen LogP contribution in [-0.2, 0) is 0 Å². The molecule has 7 heteroatoms. The quantitative estimate of drug-likeness (QED) is 0.612. The number of para-hydroxylation sites is 1. The number of hydrogen-bond acceptors (Lipinski definition) is 6. The molecule has 0 fully saturated rings. The topological polar surface area (TPSA) is 79.4 Å². The van der Waals surface area contributed by atoms with E-state index in [0.717, 1.165) is 17.0 Å². The van der Waals surface area contributed by atoms with Crippen LogP contribution in [0.25, 0.3) is 0 Å². The van der Waals surface area contributed by atoms with Gasteiger partial charge in [-0.1, -0.05) is 30.3 Å². The number of benzene rings is 2. The van der Waals surface area contributed by atoms with E-state index in [0.29, 0.717) is 12.4 Å². The number of nitrogens with zero attached hydrogens (tertiary/aromatic N) is 3. The molecule has 0 radical (unpaired) electrons. The summed E-state index contributed by atoms with van der Waals surface area (Å²) in [6.07, 6.45) is 0. The minimum atomic E-state index is -0.292. The van der Waals surface area contributed by atoms with Crippen LogP contribution >= 0.6 is 0 Å². The lowest BCUT2D eigenvalue weighted by Crippen LogP contribution is -2.27. The largest absolute Gasteiger partial charge is 0.497 e. The van der Waals surface area contributed by atoms with Gasteiger partial charge in [0.25, 0.3) is 5.91 Å². The molecule has 1 aromatic heterocycles. The van der Waals surface area contributed by atoms with Gasteiger partial charge in [0.2, 0.25) is 0 Å². The lowest BCUT2D eigenvalue weighted by atomic mass is 10.1. The maximum Gasteiger partial charge on any atom is 0.276 e. The van der Waals surface area contributed by atoms with Crippen molar-refractivity contribution in [3.8, 4) is 5.75 Å². The Hall–Kier alpha value is -3.45. The first kappa shape index (κ1) is 20.3. The van der Waals surface area contributed by atoms with Crippen molar-refractivity contribution in [1.29, 1.82) is 0 Å². The highest BCUT2D eigenvalue weighted by atomic mass is 16.5. The molecule has 3 rings (SSSR count). The van der Waals surface area contributed by atoms with Crippen LogP contribution in [0.4, 0.5) is 11.5 Å². The summed E-state index contributed by atoms with van der Waals surface area (Å²) in [4.78, 5) is 14.4. The van der Waals surface area contributed by atoms with Gasteiger partial charge in [0.15, 0.2) is 5.69 Å². The highest BCUT2D eigenvalue weighted by Gasteiger charge is 2.15. The van der Waals surface area contributed by atoms with Crippen LogP contribution in [0.5, 0.6) is 5.75 Å². The van der Waals surface area contributed by atoms with E-state index >= 15 is 0 Å². The van der Waals surface area contributed by atoms with Gasteiger partial charge in [0, 0.05) is 12.2 Å². The van der Waals surface area contributed by atoms with Crippen molar-refractivity contribution in [2.24, 2.45) is 0 Å². The summed E-state index contributed by atoms with van der Waals surface area (Å²) in [5, 5.41) is 14.3. The standard InChI is InChI=1S/C22H25N5O2/c1-27(2)20(16-9-11-18(29-3)12-10-16)15-23-21-14-13-19(25-26-21)22(28)24-17-7-5-4-6-8-17/h4-14,20H,15H2,1-3H3,(H,23,26)(H,24,28). The summed E-state index contributed by atoms with van der Waals surface area (Å²) in [6, 6.07) is 20.8. The Kier molecular flexibility index (Phi) is 6.76. The number of ether oxygens (including phenoxy) is 1. The van der Waals surface area contributed by atoms with Crippen LogP contribution in [0.1, 0.15) is 22.1 Å². The second-order valence-electron chi connectivity index (χ2n) is 6.76. The number of rotatable bonds is 8. The zero-order valence-electron chi connectivity index (χ0n) is 16.8. The van der Waals surface area contributed by atoms with Crippen molar-refractivity contribution in [2.75, 3.05) is 38.4 Å². The van der Waals surface area contributed by atoms with Gasteiger partial charge in [-0.15, -0.1) is 10.2 Å². The van der Waals surface area contributed by atoms with Gasteiger partial charge < -0.3 is 20.3 Å². The van der Waals surface area contributed by atoms with Gasteiger partial charge in [0.1, 0.15) is 11.6 Å². The summed E-state index contributed by atoms with van der Waals surface area (Å²) in [7, 11) is 5.71. The van der Waals surface area contributed by atoms with Crippen LogP contribution in [0, 0.1) is 0 Å². The fraction of sp³-hybridized carbons (Fsp3) is 0.227. The Morgan fingerprint density at radius 1 is 1.00 bits per heavy atom. The smallest absolute Gasteiger partial charge is 0.276 e. The summed E-state index contributed by atoms with van der Waals surface area (Å²) in [5.74, 6) is 1.15. The first-order valence-electron chi connectivity index (χ1n) is 9.31. The van der Waals surface area contributed by atoms with Crippen molar-refractivity contribution in [1.82, 2.24) is 15.1 Å². The van der Waals surface area contributed by atoms with Gasteiger partial charge in [-0.25, -0.2) is 0 Å². The molecule has 0 bridgehead atoms. The van der Waals surface area contributed by atoms with Gasteiger partial charge in [-0.05, 0) is 56.1 Å². The van der Waals surface area contributed by atoms with Crippen LogP contribution in [-0.4, -0.2) is 48.8 Å². The Morgan fingerprint density at radius 2 is 1.72 bits per heavy atom. The summed E-state index contributed by atoms with van der Waals surface area (Å²) in [5.41, 5.74) is 2.14. The Bertz CT molecular complexity index is 912. The normalized spacial score (nSPS) is 11.7. The Balaban J connectivity index is 1.61. The number of likely N-dealkylation sites (N-methyl/N-ethyl adjacent to an activating group) is 1. The van der Waals surface area contributed by atoms with Crippen molar-refractivity contribution in [2.45, 2.75) is 6.04 Å². The minimum Gasteiger partial charge on any atom is -0.497 e. The third kappa shape index (κ3) is 5.52. The number of nitrogens with one attached hydrogen (secondary N) is 2. The molecule has 3 aromatic rings. The van der Waals surface area contributed by atoms with Crippen molar-refractivity contribution >= 4 is 17.4 Å². The second kappa shape index (κ2) is 9.66. The molecule has 1 unspecified atom stereocenters. The highest BCUT2D eigenvalue weighted by molar-refractivity contribution is 6.02. The van der Waals surface area contributed by atoms with Gasteiger partial charge in [-0.3, -0.25) is 4.79 Å². The number of amides is 1. The summed E-state index contributed by atoms with van der Waals surface area (Å²) < 4.78 is 5.23. The Morgan fingerprint density at radius 3 is 2.31 bits per heavy atom. The summed E-state index contributed by atoms with van der Waals surface area (Å²) in [6.45, 7) is 0.642. The maximum atomic E-state index is 12.3. The monoisotopic (exact) mass is 391 g/mol. The molecule has 0 spiro atoms. The maximum absolute atomic E-state index is 12.3. The van der Waals surface area contributed by atoms with Gasteiger partial charge in [-0.2, -0.15) is 0 Å². The molecule has 1 amide bonds. The van der Waals surface area contributed by atoms with E-state index in [-0.39, 0.29) is 17.6 Å². The zero-order valence-corrected chi connectivity index (χ0v) is 16.8. The predicted octanol–water partition coefficient (Wildman–Crippen LogP) is 3.45. The Labute approximate surface area is 170 Å². The lowest BCUT2D eigenvalue weighted by molar-refractivity contribution is 0.102. The lowest BCUT2D eigenvalue weighted by Gasteiger charge is -2.25. The molecule has 150 valence electrons. The van der Waals surface area contributed by atoms with E-state index in [9.17, 15) is 4.79 Å². The van der Waals surface area contributed by atoms with Crippen LogP contribution < -0.4 is 15.4 Å². The number of carbonyl (C=O) groups excluding carboxylic acids is 1. The van der Waals surface area contributed by atoms with E-state index in [1.807, 2.05) is 68.7 Å². The molecular formula is C22H25N5O2. The number of anilines is 2. The molecule has 1 atom stereocenters. The van der Waals surface area contributed by atoms with E-state index in [4.69, 9.17) is 4.74 Å². The average molecular weight is 391 g/mol. The predicted molar refractivity (Wildman–Crippen MR) is 114 cm³/mol. The first-order valence-corrected chi connectivity index (χ1v) is 9.31. The molecule has 0 aliphatic heterocycles. The van der Waals surface area contributed by atoms with Crippen molar-refractivity contribution in [3.05, 3.63) is 78.0 Å². The van der Waals surface area contributed by atoms with E-state index in [1.165, 1.54) is 0 Å². The highest BCUT2D eigenvalue weighted by Crippen LogP contribution is 2.21. The third-order valence-electron chi connectivity index (χ3n) is 4.53. The molecule has 29 heavy (non-hydrogen) atoms. The summed E-state index contributed by atoms with van der Waals surface area (Å²) >= 11 is 0. The molecule has 0 saturated heterocycles. The molecule has 2 aromatic carbocycles. The first-order chi connectivity index (χ1) is 14.1. The van der Waals surface area contributed by atoms with Crippen molar-refractivity contribution in [3.63, 3.8) is 0 Å². The average Bonchev–Trinajstić information content (AvgIpc) is 2.75. The molecular weight excluding hydrogens is 366 g/mol. The van der Waals surface area contributed by atoms with Crippen LogP contribution in [0.2, 0.25) is 0 Å². The van der Waals surface area contributed by atoms with Crippen molar-refractivity contribution < 1.29 is 9.53 Å².